The fraction of sp³-hybridized carbons (Fsp3) is 0.222. The highest BCUT2D eigenvalue weighted by atomic mass is 35.5. The first-order chi connectivity index (χ1) is 6.45. The van der Waals surface area contributed by atoms with E-state index in [0.29, 0.717) is 10.6 Å². The molecule has 0 aliphatic heterocycles. The van der Waals surface area contributed by atoms with E-state index in [1.165, 1.54) is 12.1 Å². The fourth-order valence-electron chi connectivity index (χ4n) is 1.20. The number of carboxylic acid groups (broad SMARTS) is 1. The molecule has 76 valence electrons. The summed E-state index contributed by atoms with van der Waals surface area (Å²) in [5.74, 6) is -1.35. The predicted molar refractivity (Wildman–Crippen MR) is 52.4 cm³/mol. The quantitative estimate of drug-likeness (QED) is 0.697. The summed E-state index contributed by atoms with van der Waals surface area (Å²) in [6.07, 6.45) is 0. The summed E-state index contributed by atoms with van der Waals surface area (Å²) in [6.45, 7) is 1.61. The highest BCUT2D eigenvalue weighted by Gasteiger charge is 2.21. The second kappa shape index (κ2) is 3.86. The van der Waals surface area contributed by atoms with Gasteiger partial charge in [-0.15, -0.1) is 0 Å². The molecule has 1 aromatic carbocycles. The van der Waals surface area contributed by atoms with Crippen LogP contribution in [0.25, 0.3) is 0 Å². The molecule has 0 heterocycles. The number of hydrogen-bond acceptors (Lipinski definition) is 3. The molecule has 0 spiro atoms. The average Bonchev–Trinajstić information content (AvgIpc) is 2.12. The van der Waals surface area contributed by atoms with E-state index in [0.717, 1.165) is 0 Å². The molecule has 0 saturated heterocycles. The van der Waals surface area contributed by atoms with Crippen molar-refractivity contribution in [2.75, 3.05) is 0 Å². The molecule has 0 aliphatic rings. The molecule has 0 aromatic heterocycles. The second-order valence-electron chi connectivity index (χ2n) is 2.92. The standard InChI is InChI=1S/C9H10ClNO3/c1-4-5(10)2-3-6(12)7(4)8(11)9(13)14/h2-3,8,12H,11H2,1H3,(H,13,14). The predicted octanol–water partition coefficient (Wildman–Crippen LogP) is 1.44. The third-order valence-corrected chi connectivity index (χ3v) is 2.41. The van der Waals surface area contributed by atoms with Crippen molar-refractivity contribution in [3.05, 3.63) is 28.3 Å². The van der Waals surface area contributed by atoms with Crippen LogP contribution in [0.15, 0.2) is 12.1 Å². The molecule has 0 aliphatic carbocycles. The minimum Gasteiger partial charge on any atom is -0.508 e. The van der Waals surface area contributed by atoms with Gasteiger partial charge in [-0.05, 0) is 24.6 Å². The number of aliphatic carboxylic acids is 1. The number of halogens is 1. The van der Waals surface area contributed by atoms with Crippen molar-refractivity contribution in [3.8, 4) is 5.75 Å². The number of carbonyl (C=O) groups is 1. The topological polar surface area (TPSA) is 83.5 Å². The van der Waals surface area contributed by atoms with Crippen molar-refractivity contribution in [3.63, 3.8) is 0 Å². The highest BCUT2D eigenvalue weighted by Crippen LogP contribution is 2.31. The van der Waals surface area contributed by atoms with Gasteiger partial charge in [0.05, 0.1) is 0 Å². The van der Waals surface area contributed by atoms with Gasteiger partial charge < -0.3 is 15.9 Å². The Morgan fingerprint density at radius 1 is 1.57 bits per heavy atom. The Bertz CT molecular complexity index is 379. The van der Waals surface area contributed by atoms with E-state index in [9.17, 15) is 9.90 Å². The number of phenols is 1. The first-order valence-electron chi connectivity index (χ1n) is 3.91. The van der Waals surface area contributed by atoms with Crippen LogP contribution in [0.5, 0.6) is 5.75 Å². The number of benzene rings is 1. The average molecular weight is 216 g/mol. The number of aromatic hydroxyl groups is 1. The molecule has 14 heavy (non-hydrogen) atoms. The third-order valence-electron chi connectivity index (χ3n) is 2.00. The van der Waals surface area contributed by atoms with E-state index in [1.807, 2.05) is 0 Å². The number of phenolic OH excluding ortho intramolecular Hbond substituents is 1. The van der Waals surface area contributed by atoms with Crippen LogP contribution in [0.1, 0.15) is 17.2 Å². The van der Waals surface area contributed by atoms with Gasteiger partial charge in [-0.2, -0.15) is 0 Å². The number of carboxylic acids is 1. The lowest BCUT2D eigenvalue weighted by Gasteiger charge is -2.13. The van der Waals surface area contributed by atoms with Crippen LogP contribution in [0.2, 0.25) is 5.02 Å². The third kappa shape index (κ3) is 1.81. The van der Waals surface area contributed by atoms with Gasteiger partial charge >= 0.3 is 5.97 Å². The van der Waals surface area contributed by atoms with Gasteiger partial charge in [-0.1, -0.05) is 11.6 Å². The molecule has 0 saturated carbocycles. The van der Waals surface area contributed by atoms with Crippen LogP contribution in [0, 0.1) is 6.92 Å². The Morgan fingerprint density at radius 2 is 2.14 bits per heavy atom. The van der Waals surface area contributed by atoms with Gasteiger partial charge in [0.25, 0.3) is 0 Å². The van der Waals surface area contributed by atoms with Crippen molar-refractivity contribution < 1.29 is 15.0 Å². The molecule has 1 rings (SSSR count). The van der Waals surface area contributed by atoms with E-state index >= 15 is 0 Å². The largest absolute Gasteiger partial charge is 0.508 e. The molecule has 1 aromatic rings. The summed E-state index contributed by atoms with van der Waals surface area (Å²) in [5.41, 5.74) is 6.04. The van der Waals surface area contributed by atoms with Crippen molar-refractivity contribution in [1.82, 2.24) is 0 Å². The number of rotatable bonds is 2. The van der Waals surface area contributed by atoms with E-state index in [2.05, 4.69) is 0 Å². The minimum atomic E-state index is -1.26. The molecular formula is C9H10ClNO3. The molecule has 4 nitrogen and oxygen atoms in total. The lowest BCUT2D eigenvalue weighted by Crippen LogP contribution is -2.21. The molecule has 0 fully saturated rings. The Balaban J connectivity index is 3.32. The minimum absolute atomic E-state index is 0.151. The van der Waals surface area contributed by atoms with E-state index in [1.54, 1.807) is 6.92 Å². The zero-order chi connectivity index (χ0) is 10.9. The Morgan fingerprint density at radius 3 is 2.64 bits per heavy atom. The van der Waals surface area contributed by atoms with Crippen LogP contribution in [0.3, 0.4) is 0 Å². The molecule has 5 heteroatoms. The van der Waals surface area contributed by atoms with Gasteiger partial charge in [-0.25, -0.2) is 0 Å². The molecule has 1 unspecified atom stereocenters. The van der Waals surface area contributed by atoms with Gasteiger partial charge in [0.1, 0.15) is 11.8 Å². The monoisotopic (exact) mass is 215 g/mol. The van der Waals surface area contributed by atoms with E-state index in [-0.39, 0.29) is 11.3 Å². The van der Waals surface area contributed by atoms with E-state index in [4.69, 9.17) is 22.4 Å². The fourth-order valence-corrected chi connectivity index (χ4v) is 1.37. The Hall–Kier alpha value is -1.26. The maximum atomic E-state index is 10.6. The first kappa shape index (κ1) is 10.8. The lowest BCUT2D eigenvalue weighted by atomic mass is 10.0. The molecule has 0 radical (unpaired) electrons. The number of nitrogens with two attached hydrogens (primary N) is 1. The molecule has 4 N–H and O–H groups in total. The molecule has 1 atom stereocenters. The summed E-state index contributed by atoms with van der Waals surface area (Å²) in [7, 11) is 0. The second-order valence-corrected chi connectivity index (χ2v) is 3.33. The zero-order valence-electron chi connectivity index (χ0n) is 7.49. The van der Waals surface area contributed by atoms with Gasteiger partial charge in [0.2, 0.25) is 0 Å². The summed E-state index contributed by atoms with van der Waals surface area (Å²) in [4.78, 5) is 10.6. The normalized spacial score (nSPS) is 12.5. The van der Waals surface area contributed by atoms with Gasteiger partial charge in [0.15, 0.2) is 0 Å². The van der Waals surface area contributed by atoms with Gasteiger partial charge in [-0.3, -0.25) is 4.79 Å². The summed E-state index contributed by atoms with van der Waals surface area (Å²) >= 11 is 5.77. The molecule has 0 bridgehead atoms. The summed E-state index contributed by atoms with van der Waals surface area (Å²) < 4.78 is 0. The molecular weight excluding hydrogens is 206 g/mol. The molecule has 0 amide bonds. The van der Waals surface area contributed by atoms with Crippen LogP contribution in [-0.4, -0.2) is 16.2 Å². The van der Waals surface area contributed by atoms with Crippen molar-refractivity contribution in [2.24, 2.45) is 5.73 Å². The van der Waals surface area contributed by atoms with Gasteiger partial charge in [0, 0.05) is 10.6 Å². The van der Waals surface area contributed by atoms with Crippen molar-refractivity contribution in [2.45, 2.75) is 13.0 Å². The summed E-state index contributed by atoms with van der Waals surface area (Å²) in [6, 6.07) is 1.56. The first-order valence-corrected chi connectivity index (χ1v) is 4.29. The van der Waals surface area contributed by atoms with Crippen LogP contribution >= 0.6 is 11.6 Å². The van der Waals surface area contributed by atoms with Crippen LogP contribution in [0.4, 0.5) is 0 Å². The van der Waals surface area contributed by atoms with Crippen molar-refractivity contribution >= 4 is 17.6 Å². The van der Waals surface area contributed by atoms with E-state index < -0.39 is 12.0 Å². The highest BCUT2D eigenvalue weighted by molar-refractivity contribution is 6.31. The lowest BCUT2D eigenvalue weighted by molar-refractivity contribution is -0.138. The SMILES string of the molecule is Cc1c(Cl)ccc(O)c1C(N)C(=O)O. The summed E-state index contributed by atoms with van der Waals surface area (Å²) in [5, 5.41) is 18.5. The smallest absolute Gasteiger partial charge is 0.325 e. The van der Waals surface area contributed by atoms with Crippen LogP contribution < -0.4 is 5.73 Å². The van der Waals surface area contributed by atoms with Crippen molar-refractivity contribution in [1.29, 1.82) is 0 Å². The van der Waals surface area contributed by atoms with Crippen LogP contribution in [-0.2, 0) is 4.79 Å². The maximum Gasteiger partial charge on any atom is 0.325 e. The Kier molecular flexibility index (Phi) is 2.98. The zero-order valence-corrected chi connectivity index (χ0v) is 8.25. The number of hydrogen-bond donors (Lipinski definition) is 3. The Labute approximate surface area is 85.9 Å². The maximum absolute atomic E-state index is 10.6.